The largest absolute Gasteiger partial charge is 0.496 e. The van der Waals surface area contributed by atoms with Crippen LogP contribution in [0.3, 0.4) is 0 Å². The zero-order valence-electron chi connectivity index (χ0n) is 11.6. The summed E-state index contributed by atoms with van der Waals surface area (Å²) >= 11 is 4.96. The van der Waals surface area contributed by atoms with E-state index in [-0.39, 0.29) is 6.10 Å². The maximum Gasteiger partial charge on any atom is 0.124 e. The highest BCUT2D eigenvalue weighted by Crippen LogP contribution is 2.20. The van der Waals surface area contributed by atoms with E-state index in [1.165, 1.54) is 0 Å². The zero-order chi connectivity index (χ0) is 14.3. The lowest BCUT2D eigenvalue weighted by atomic mass is 10.1. The third-order valence-electron chi connectivity index (χ3n) is 2.50. The fourth-order valence-electron chi connectivity index (χ4n) is 1.57. The second kappa shape index (κ2) is 8.09. The average Bonchev–Trinajstić information content (AvgIpc) is 2.37. The SMILES string of the molecule is COc1ccc(C(N)=S)cc1COCCOC(C)C. The molecule has 0 bridgehead atoms. The van der Waals surface area contributed by atoms with Crippen LogP contribution >= 0.6 is 12.2 Å². The molecule has 0 aliphatic heterocycles. The van der Waals surface area contributed by atoms with Gasteiger partial charge in [0.15, 0.2) is 0 Å². The highest BCUT2D eigenvalue weighted by atomic mass is 32.1. The summed E-state index contributed by atoms with van der Waals surface area (Å²) in [6.07, 6.45) is 0.219. The quantitative estimate of drug-likeness (QED) is 0.586. The molecule has 0 amide bonds. The van der Waals surface area contributed by atoms with Gasteiger partial charge in [0.05, 0.1) is 33.0 Å². The first-order valence-corrected chi connectivity index (χ1v) is 6.61. The Labute approximate surface area is 119 Å². The van der Waals surface area contributed by atoms with Crippen LogP contribution in [0.4, 0.5) is 0 Å². The molecule has 106 valence electrons. The lowest BCUT2D eigenvalue weighted by molar-refractivity contribution is 0.0139. The Bertz CT molecular complexity index is 421. The first-order chi connectivity index (χ1) is 9.04. The molecule has 0 spiro atoms. The first kappa shape index (κ1) is 15.9. The van der Waals surface area contributed by atoms with Crippen LogP contribution in [-0.4, -0.2) is 31.4 Å². The molecule has 0 radical (unpaired) electrons. The van der Waals surface area contributed by atoms with Crippen molar-refractivity contribution in [3.05, 3.63) is 29.3 Å². The van der Waals surface area contributed by atoms with Crippen LogP contribution in [0.15, 0.2) is 18.2 Å². The lowest BCUT2D eigenvalue weighted by Crippen LogP contribution is -2.11. The molecule has 0 aromatic heterocycles. The summed E-state index contributed by atoms with van der Waals surface area (Å²) in [7, 11) is 1.63. The predicted octanol–water partition coefficient (Wildman–Crippen LogP) is 2.27. The summed E-state index contributed by atoms with van der Waals surface area (Å²) < 4.78 is 16.2. The Balaban J connectivity index is 2.55. The summed E-state index contributed by atoms with van der Waals surface area (Å²) in [4.78, 5) is 0.368. The number of methoxy groups -OCH3 is 1. The molecular weight excluding hydrogens is 262 g/mol. The maximum atomic E-state index is 5.61. The number of ether oxygens (including phenoxy) is 3. The van der Waals surface area contributed by atoms with Gasteiger partial charge >= 0.3 is 0 Å². The van der Waals surface area contributed by atoms with Crippen LogP contribution in [0.25, 0.3) is 0 Å². The predicted molar refractivity (Wildman–Crippen MR) is 79.6 cm³/mol. The monoisotopic (exact) mass is 283 g/mol. The van der Waals surface area contributed by atoms with E-state index < -0.39 is 0 Å². The van der Waals surface area contributed by atoms with E-state index in [0.717, 1.165) is 16.9 Å². The normalized spacial score (nSPS) is 10.7. The topological polar surface area (TPSA) is 53.7 Å². The Hall–Kier alpha value is -1.17. The summed E-state index contributed by atoms with van der Waals surface area (Å²) in [5.41, 5.74) is 7.35. The molecule has 0 saturated carbocycles. The van der Waals surface area contributed by atoms with E-state index in [1.807, 2.05) is 32.0 Å². The molecule has 0 fully saturated rings. The number of thiocarbonyl (C=S) groups is 1. The Morgan fingerprint density at radius 1 is 1.32 bits per heavy atom. The van der Waals surface area contributed by atoms with Crippen molar-refractivity contribution in [1.82, 2.24) is 0 Å². The second-order valence-corrected chi connectivity index (χ2v) is 4.80. The molecule has 0 heterocycles. The number of hydrogen-bond acceptors (Lipinski definition) is 4. The molecule has 2 N–H and O–H groups in total. The van der Waals surface area contributed by atoms with Crippen LogP contribution < -0.4 is 10.5 Å². The van der Waals surface area contributed by atoms with Gasteiger partial charge in [-0.15, -0.1) is 0 Å². The van der Waals surface area contributed by atoms with Gasteiger partial charge in [-0.3, -0.25) is 0 Å². The molecule has 1 rings (SSSR count). The maximum absolute atomic E-state index is 5.61. The minimum atomic E-state index is 0.219. The van der Waals surface area contributed by atoms with Crippen LogP contribution in [0.5, 0.6) is 5.75 Å². The molecule has 1 aromatic rings. The first-order valence-electron chi connectivity index (χ1n) is 6.20. The summed E-state index contributed by atoms with van der Waals surface area (Å²) in [6.45, 7) is 5.55. The Morgan fingerprint density at radius 3 is 2.63 bits per heavy atom. The van der Waals surface area contributed by atoms with Crippen molar-refractivity contribution in [2.24, 2.45) is 5.73 Å². The van der Waals surface area contributed by atoms with Gasteiger partial charge in [-0.2, -0.15) is 0 Å². The zero-order valence-corrected chi connectivity index (χ0v) is 12.5. The van der Waals surface area contributed by atoms with Gasteiger partial charge < -0.3 is 19.9 Å². The molecular formula is C14H21NO3S. The molecule has 0 saturated heterocycles. The highest BCUT2D eigenvalue weighted by Gasteiger charge is 2.06. The van der Waals surface area contributed by atoms with Crippen molar-refractivity contribution in [2.75, 3.05) is 20.3 Å². The summed E-state index contributed by atoms with van der Waals surface area (Å²) in [5, 5.41) is 0. The van der Waals surface area contributed by atoms with Crippen molar-refractivity contribution < 1.29 is 14.2 Å². The van der Waals surface area contributed by atoms with Gasteiger partial charge in [0.1, 0.15) is 10.7 Å². The molecule has 0 unspecified atom stereocenters. The van der Waals surface area contributed by atoms with E-state index in [2.05, 4.69) is 0 Å². The molecule has 1 aromatic carbocycles. The van der Waals surface area contributed by atoms with Gasteiger partial charge in [0.2, 0.25) is 0 Å². The number of rotatable bonds is 8. The highest BCUT2D eigenvalue weighted by molar-refractivity contribution is 7.80. The van der Waals surface area contributed by atoms with Crippen molar-refractivity contribution in [2.45, 2.75) is 26.6 Å². The Kier molecular flexibility index (Phi) is 6.77. The van der Waals surface area contributed by atoms with Gasteiger partial charge in [0.25, 0.3) is 0 Å². The van der Waals surface area contributed by atoms with E-state index in [0.29, 0.717) is 24.8 Å². The molecule has 0 aliphatic carbocycles. The third kappa shape index (κ3) is 5.55. The van der Waals surface area contributed by atoms with Gasteiger partial charge in [-0.1, -0.05) is 12.2 Å². The number of hydrogen-bond donors (Lipinski definition) is 1. The number of nitrogens with two attached hydrogens (primary N) is 1. The summed E-state index contributed by atoms with van der Waals surface area (Å²) in [6, 6.07) is 5.58. The van der Waals surface area contributed by atoms with Crippen molar-refractivity contribution in [1.29, 1.82) is 0 Å². The molecule has 0 atom stereocenters. The molecule has 5 heteroatoms. The molecule has 0 aliphatic rings. The summed E-state index contributed by atoms with van der Waals surface area (Å²) in [5.74, 6) is 0.768. The van der Waals surface area contributed by atoms with Gasteiger partial charge in [0, 0.05) is 11.1 Å². The van der Waals surface area contributed by atoms with E-state index in [1.54, 1.807) is 7.11 Å². The lowest BCUT2D eigenvalue weighted by Gasteiger charge is -2.12. The van der Waals surface area contributed by atoms with Crippen molar-refractivity contribution in [3.63, 3.8) is 0 Å². The standard InChI is InChI=1S/C14H21NO3S/c1-10(2)18-7-6-17-9-12-8-11(14(15)19)4-5-13(12)16-3/h4-5,8,10H,6-7,9H2,1-3H3,(H2,15,19). The number of benzene rings is 1. The Morgan fingerprint density at radius 2 is 2.05 bits per heavy atom. The van der Waals surface area contributed by atoms with Crippen LogP contribution in [0.1, 0.15) is 25.0 Å². The third-order valence-corrected chi connectivity index (χ3v) is 2.74. The van der Waals surface area contributed by atoms with Gasteiger partial charge in [-0.25, -0.2) is 0 Å². The van der Waals surface area contributed by atoms with Crippen LogP contribution in [0.2, 0.25) is 0 Å². The fourth-order valence-corrected chi connectivity index (χ4v) is 1.70. The van der Waals surface area contributed by atoms with Crippen LogP contribution in [-0.2, 0) is 16.1 Å². The van der Waals surface area contributed by atoms with Gasteiger partial charge in [-0.05, 0) is 32.0 Å². The second-order valence-electron chi connectivity index (χ2n) is 4.36. The van der Waals surface area contributed by atoms with Crippen molar-refractivity contribution in [3.8, 4) is 5.75 Å². The smallest absolute Gasteiger partial charge is 0.124 e. The van der Waals surface area contributed by atoms with E-state index >= 15 is 0 Å². The average molecular weight is 283 g/mol. The minimum absolute atomic E-state index is 0.219. The molecule has 19 heavy (non-hydrogen) atoms. The van der Waals surface area contributed by atoms with Crippen molar-refractivity contribution >= 4 is 17.2 Å². The van der Waals surface area contributed by atoms with Crippen LogP contribution in [0, 0.1) is 0 Å². The van der Waals surface area contributed by atoms with E-state index in [4.69, 9.17) is 32.2 Å². The fraction of sp³-hybridized carbons (Fsp3) is 0.500. The molecule has 4 nitrogen and oxygen atoms in total. The van der Waals surface area contributed by atoms with E-state index in [9.17, 15) is 0 Å². The minimum Gasteiger partial charge on any atom is -0.496 e.